The molecule has 1 aromatic heterocycles. The van der Waals surface area contributed by atoms with E-state index in [0.29, 0.717) is 23.3 Å². The Bertz CT molecular complexity index is 653. The molecule has 2 aromatic rings. The van der Waals surface area contributed by atoms with E-state index in [2.05, 4.69) is 41.4 Å². The number of methoxy groups -OCH3 is 2. The third-order valence-corrected chi connectivity index (χ3v) is 3.09. The third-order valence-electron chi connectivity index (χ3n) is 3.09. The van der Waals surface area contributed by atoms with E-state index >= 15 is 0 Å². The van der Waals surface area contributed by atoms with Crippen LogP contribution in [0.25, 0.3) is 0 Å². The van der Waals surface area contributed by atoms with Gasteiger partial charge in [0.25, 0.3) is 0 Å². The Balaban J connectivity index is 2.11. The Labute approximate surface area is 137 Å². The second-order valence-corrected chi connectivity index (χ2v) is 6.37. The number of anilines is 3. The van der Waals surface area contributed by atoms with Crippen LogP contribution in [-0.4, -0.2) is 30.7 Å². The van der Waals surface area contributed by atoms with E-state index in [4.69, 9.17) is 9.47 Å². The van der Waals surface area contributed by atoms with Crippen LogP contribution in [0.4, 0.5) is 17.5 Å². The van der Waals surface area contributed by atoms with Gasteiger partial charge in [0.15, 0.2) is 11.5 Å². The molecule has 0 bridgehead atoms. The van der Waals surface area contributed by atoms with Gasteiger partial charge in [0, 0.05) is 24.5 Å². The zero-order chi connectivity index (χ0) is 16.9. The first-order chi connectivity index (χ1) is 10.9. The molecule has 0 amide bonds. The molecule has 0 atom stereocenters. The Morgan fingerprint density at radius 2 is 1.78 bits per heavy atom. The maximum absolute atomic E-state index is 5.30. The zero-order valence-electron chi connectivity index (χ0n) is 14.3. The summed E-state index contributed by atoms with van der Waals surface area (Å²) in [7, 11) is 3.23. The quantitative estimate of drug-likeness (QED) is 0.847. The molecule has 0 saturated carbocycles. The largest absolute Gasteiger partial charge is 0.493 e. The number of hydrogen-bond donors (Lipinski definition) is 2. The van der Waals surface area contributed by atoms with Gasteiger partial charge in [0.05, 0.1) is 14.2 Å². The van der Waals surface area contributed by atoms with Gasteiger partial charge < -0.3 is 20.1 Å². The van der Waals surface area contributed by atoms with Crippen LogP contribution in [0.15, 0.2) is 30.5 Å². The van der Waals surface area contributed by atoms with Crippen molar-refractivity contribution in [3.05, 3.63) is 30.5 Å². The second kappa shape index (κ2) is 7.17. The van der Waals surface area contributed by atoms with Crippen molar-refractivity contribution in [3.8, 4) is 11.5 Å². The number of ether oxygens (including phenoxy) is 2. The van der Waals surface area contributed by atoms with Crippen molar-refractivity contribution in [2.75, 3.05) is 31.4 Å². The molecule has 0 saturated heterocycles. The van der Waals surface area contributed by atoms with Gasteiger partial charge in [-0.2, -0.15) is 4.98 Å². The fourth-order valence-corrected chi connectivity index (χ4v) is 1.92. The molecular formula is C17H24N4O2. The number of nitrogens with zero attached hydrogens (tertiary/aromatic N) is 2. The zero-order valence-corrected chi connectivity index (χ0v) is 14.3. The van der Waals surface area contributed by atoms with Gasteiger partial charge in [0.1, 0.15) is 5.82 Å². The van der Waals surface area contributed by atoms with Gasteiger partial charge in [-0.1, -0.05) is 20.8 Å². The van der Waals surface area contributed by atoms with Gasteiger partial charge in [-0.3, -0.25) is 0 Å². The maximum Gasteiger partial charge on any atom is 0.224 e. The third kappa shape index (κ3) is 5.02. The summed E-state index contributed by atoms with van der Waals surface area (Å²) in [4.78, 5) is 8.70. The van der Waals surface area contributed by atoms with E-state index in [1.165, 1.54) is 0 Å². The van der Waals surface area contributed by atoms with Crippen LogP contribution in [0, 0.1) is 5.41 Å². The molecule has 0 unspecified atom stereocenters. The van der Waals surface area contributed by atoms with E-state index in [0.717, 1.165) is 12.2 Å². The van der Waals surface area contributed by atoms with Crippen molar-refractivity contribution >= 4 is 17.5 Å². The van der Waals surface area contributed by atoms with Gasteiger partial charge in [-0.25, -0.2) is 4.98 Å². The molecule has 2 rings (SSSR count). The lowest BCUT2D eigenvalue weighted by atomic mass is 9.97. The summed E-state index contributed by atoms with van der Waals surface area (Å²) in [6.07, 6.45) is 1.72. The van der Waals surface area contributed by atoms with Gasteiger partial charge in [-0.05, 0) is 23.6 Å². The molecule has 0 spiro atoms. The maximum atomic E-state index is 5.30. The van der Waals surface area contributed by atoms with Crippen LogP contribution in [0.3, 0.4) is 0 Å². The molecule has 0 aliphatic rings. The van der Waals surface area contributed by atoms with Crippen molar-refractivity contribution in [1.29, 1.82) is 0 Å². The molecule has 23 heavy (non-hydrogen) atoms. The Morgan fingerprint density at radius 1 is 1.04 bits per heavy atom. The minimum atomic E-state index is 0.163. The molecular weight excluding hydrogens is 292 g/mol. The summed E-state index contributed by atoms with van der Waals surface area (Å²) in [5, 5.41) is 6.49. The smallest absolute Gasteiger partial charge is 0.224 e. The minimum Gasteiger partial charge on any atom is -0.493 e. The standard InChI is InChI=1S/C17H24N4O2/c1-17(2,3)11-19-16-18-9-8-15(21-16)20-12-6-7-13(22-4)14(10-12)23-5/h6-10H,11H2,1-5H3,(H2,18,19,20,21). The van der Waals surface area contributed by atoms with Crippen molar-refractivity contribution in [3.63, 3.8) is 0 Å². The number of rotatable bonds is 6. The first-order valence-electron chi connectivity index (χ1n) is 7.47. The number of hydrogen-bond acceptors (Lipinski definition) is 6. The summed E-state index contributed by atoms with van der Waals surface area (Å²) < 4.78 is 10.5. The fourth-order valence-electron chi connectivity index (χ4n) is 1.92. The van der Waals surface area contributed by atoms with E-state index < -0.39 is 0 Å². The molecule has 1 heterocycles. The second-order valence-electron chi connectivity index (χ2n) is 6.37. The molecule has 6 nitrogen and oxygen atoms in total. The Kier molecular flexibility index (Phi) is 5.26. The van der Waals surface area contributed by atoms with Crippen LogP contribution in [0.2, 0.25) is 0 Å². The first-order valence-corrected chi connectivity index (χ1v) is 7.47. The Hall–Kier alpha value is -2.50. The van der Waals surface area contributed by atoms with Crippen LogP contribution in [-0.2, 0) is 0 Å². The molecule has 0 aliphatic heterocycles. The topological polar surface area (TPSA) is 68.3 Å². The molecule has 124 valence electrons. The average molecular weight is 316 g/mol. The van der Waals surface area contributed by atoms with Crippen molar-refractivity contribution in [2.45, 2.75) is 20.8 Å². The molecule has 2 N–H and O–H groups in total. The molecule has 0 aliphatic carbocycles. The number of aromatic nitrogens is 2. The van der Waals surface area contributed by atoms with Crippen molar-refractivity contribution < 1.29 is 9.47 Å². The number of benzene rings is 1. The predicted octanol–water partition coefficient (Wildman–Crippen LogP) is 3.70. The highest BCUT2D eigenvalue weighted by Gasteiger charge is 2.11. The lowest BCUT2D eigenvalue weighted by molar-refractivity contribution is 0.355. The molecule has 1 aromatic carbocycles. The van der Waals surface area contributed by atoms with Crippen LogP contribution < -0.4 is 20.1 Å². The van der Waals surface area contributed by atoms with E-state index in [1.54, 1.807) is 20.4 Å². The van der Waals surface area contributed by atoms with Crippen LogP contribution >= 0.6 is 0 Å². The fraction of sp³-hybridized carbons (Fsp3) is 0.412. The lowest BCUT2D eigenvalue weighted by Crippen LogP contribution is -2.20. The van der Waals surface area contributed by atoms with Gasteiger partial charge in [0.2, 0.25) is 5.95 Å². The van der Waals surface area contributed by atoms with Crippen molar-refractivity contribution in [1.82, 2.24) is 9.97 Å². The highest BCUT2D eigenvalue weighted by Crippen LogP contribution is 2.30. The highest BCUT2D eigenvalue weighted by molar-refractivity contribution is 5.61. The first kappa shape index (κ1) is 16.9. The summed E-state index contributed by atoms with van der Waals surface area (Å²) in [5.74, 6) is 2.67. The Morgan fingerprint density at radius 3 is 2.43 bits per heavy atom. The van der Waals surface area contributed by atoms with E-state index in [-0.39, 0.29) is 5.41 Å². The van der Waals surface area contributed by atoms with E-state index in [1.807, 2.05) is 24.3 Å². The summed E-state index contributed by atoms with van der Waals surface area (Å²) in [6.45, 7) is 7.27. The summed E-state index contributed by atoms with van der Waals surface area (Å²) in [5.41, 5.74) is 1.03. The summed E-state index contributed by atoms with van der Waals surface area (Å²) >= 11 is 0. The normalized spacial score (nSPS) is 11.0. The molecule has 0 fully saturated rings. The highest BCUT2D eigenvalue weighted by atomic mass is 16.5. The molecule has 0 radical (unpaired) electrons. The van der Waals surface area contributed by atoms with Crippen molar-refractivity contribution in [2.24, 2.45) is 5.41 Å². The van der Waals surface area contributed by atoms with Gasteiger partial charge >= 0.3 is 0 Å². The van der Waals surface area contributed by atoms with E-state index in [9.17, 15) is 0 Å². The monoisotopic (exact) mass is 316 g/mol. The lowest BCUT2D eigenvalue weighted by Gasteiger charge is -2.18. The van der Waals surface area contributed by atoms with Gasteiger partial charge in [-0.15, -0.1) is 0 Å². The molecule has 6 heteroatoms. The predicted molar refractivity (Wildman–Crippen MR) is 92.8 cm³/mol. The van der Waals surface area contributed by atoms with Crippen LogP contribution in [0.1, 0.15) is 20.8 Å². The number of nitrogens with one attached hydrogen (secondary N) is 2. The minimum absolute atomic E-state index is 0.163. The van der Waals surface area contributed by atoms with Crippen LogP contribution in [0.5, 0.6) is 11.5 Å². The SMILES string of the molecule is COc1ccc(Nc2ccnc(NCC(C)(C)C)n2)cc1OC. The average Bonchev–Trinajstić information content (AvgIpc) is 2.52. The summed E-state index contributed by atoms with van der Waals surface area (Å²) in [6, 6.07) is 7.44.